The molecular weight excluding hydrogens is 809 g/mol. The number of carboxylic acids is 2. The first-order valence-corrected chi connectivity index (χ1v) is 22.7. The van der Waals surface area contributed by atoms with Crippen LogP contribution < -0.4 is 9.44 Å². The van der Waals surface area contributed by atoms with Crippen molar-refractivity contribution >= 4 is 43.4 Å². The molecule has 12 heteroatoms. The fraction of sp³-hybridized carbons (Fsp3) is 0.224. The molecule has 0 unspecified atom stereocenters. The normalized spacial score (nSPS) is 11.6. The van der Waals surface area contributed by atoms with Crippen molar-refractivity contribution in [2.75, 3.05) is 9.44 Å². The van der Waals surface area contributed by atoms with Gasteiger partial charge in [0.2, 0.25) is 0 Å². The van der Waals surface area contributed by atoms with Gasteiger partial charge in [-0.3, -0.25) is 9.44 Å². The van der Waals surface area contributed by atoms with Gasteiger partial charge in [-0.2, -0.15) is 0 Å². The number of aryl methyl sites for hydroxylation is 7. The second kappa shape index (κ2) is 19.4. The number of nitrogens with one attached hydrogen (secondary N) is 2. The number of sulfonamides is 2. The van der Waals surface area contributed by atoms with Crippen molar-refractivity contribution < 1.29 is 36.6 Å². The molecule has 0 spiro atoms. The van der Waals surface area contributed by atoms with Crippen molar-refractivity contribution in [3.8, 4) is 0 Å². The quantitative estimate of drug-likeness (QED) is 0.0840. The van der Waals surface area contributed by atoms with Gasteiger partial charge in [-0.05, 0) is 151 Å². The van der Waals surface area contributed by atoms with Gasteiger partial charge in [0, 0.05) is 11.4 Å². The van der Waals surface area contributed by atoms with Crippen LogP contribution in [0.5, 0.6) is 0 Å². The Morgan fingerprint density at radius 3 is 1.28 bits per heavy atom. The molecule has 0 aliphatic rings. The number of rotatable bonds is 14. The van der Waals surface area contributed by atoms with E-state index >= 15 is 0 Å². The van der Waals surface area contributed by atoms with E-state index in [0.717, 1.165) is 44.5 Å². The van der Waals surface area contributed by atoms with Gasteiger partial charge < -0.3 is 10.2 Å². The lowest BCUT2D eigenvalue weighted by Gasteiger charge is -2.19. The largest absolute Gasteiger partial charge is 0.478 e. The second-order valence-electron chi connectivity index (χ2n) is 16.1. The Morgan fingerprint density at radius 1 is 0.508 bits per heavy atom. The zero-order chi connectivity index (χ0) is 44.5. The molecule has 6 aromatic carbocycles. The van der Waals surface area contributed by atoms with Crippen molar-refractivity contribution in [2.45, 2.75) is 82.4 Å². The van der Waals surface area contributed by atoms with E-state index in [2.05, 4.69) is 30.2 Å². The first-order valence-electron chi connectivity index (χ1n) is 19.8. The van der Waals surface area contributed by atoms with E-state index in [-0.39, 0.29) is 21.4 Å². The number of hydrogen-bond acceptors (Lipinski definition) is 6. The summed E-state index contributed by atoms with van der Waals surface area (Å²) in [5, 5.41) is 18.2. The van der Waals surface area contributed by atoms with Crippen molar-refractivity contribution in [2.24, 2.45) is 0 Å². The Kier molecular flexibility index (Phi) is 14.6. The highest BCUT2D eigenvalue weighted by atomic mass is 32.2. The Balaban J connectivity index is 0.000000231. The molecule has 0 saturated carbocycles. The van der Waals surface area contributed by atoms with Crippen LogP contribution in [-0.4, -0.2) is 39.0 Å². The summed E-state index contributed by atoms with van der Waals surface area (Å²) in [5.41, 5.74) is 8.78. The van der Waals surface area contributed by atoms with Crippen LogP contribution >= 0.6 is 0 Å². The van der Waals surface area contributed by atoms with Crippen LogP contribution in [0.2, 0.25) is 0 Å². The van der Waals surface area contributed by atoms with Gasteiger partial charge in [-0.1, -0.05) is 99.1 Å². The summed E-state index contributed by atoms with van der Waals surface area (Å²) in [7, 11) is -7.40. The number of benzene rings is 6. The van der Waals surface area contributed by atoms with E-state index in [9.17, 15) is 26.4 Å². The highest BCUT2D eigenvalue weighted by Crippen LogP contribution is 2.27. The average molecular weight is 861 g/mol. The maximum Gasteiger partial charge on any atom is 0.335 e. The van der Waals surface area contributed by atoms with E-state index in [1.807, 2.05) is 79.7 Å². The third-order valence-electron chi connectivity index (χ3n) is 10.0. The van der Waals surface area contributed by atoms with Gasteiger partial charge >= 0.3 is 11.9 Å². The minimum atomic E-state index is -3.71. The van der Waals surface area contributed by atoms with Crippen molar-refractivity contribution in [3.63, 3.8) is 0 Å². The Labute approximate surface area is 359 Å². The number of hydrogen-bond donors (Lipinski definition) is 4. The number of aromatic carboxylic acids is 2. The summed E-state index contributed by atoms with van der Waals surface area (Å²) in [6.45, 7) is 11.8. The van der Waals surface area contributed by atoms with Gasteiger partial charge in [0.25, 0.3) is 20.0 Å². The SMILES string of the molecule is CC(C)(C)c1ccc(S(=O)(=O)Nc2cccc(CCc3cccc(C(=O)O)c3)c2)cc1.Cc1cc(C)c(S(=O)(=O)Nc2cccc(CCc3cccc(C(=O)O)c3)c2)c(C)c1. The first kappa shape index (κ1) is 45.8. The average Bonchev–Trinajstić information content (AvgIpc) is 3.19. The molecular formula is C49H52N2O8S2. The van der Waals surface area contributed by atoms with E-state index in [0.29, 0.717) is 42.0 Å². The Hall–Kier alpha value is -6.24. The molecule has 318 valence electrons. The van der Waals surface area contributed by atoms with Gasteiger partial charge in [-0.25, -0.2) is 26.4 Å². The second-order valence-corrected chi connectivity index (χ2v) is 19.4. The molecule has 0 heterocycles. The summed E-state index contributed by atoms with van der Waals surface area (Å²) in [5.74, 6) is -1.90. The van der Waals surface area contributed by atoms with Crippen LogP contribution in [0.3, 0.4) is 0 Å². The molecule has 4 N–H and O–H groups in total. The van der Waals surface area contributed by atoms with Crippen LogP contribution in [0.4, 0.5) is 11.4 Å². The summed E-state index contributed by atoms with van der Waals surface area (Å²) >= 11 is 0. The van der Waals surface area contributed by atoms with Crippen LogP contribution in [0.15, 0.2) is 143 Å². The minimum absolute atomic E-state index is 0.0476. The van der Waals surface area contributed by atoms with Crippen LogP contribution in [0.25, 0.3) is 0 Å². The zero-order valence-electron chi connectivity index (χ0n) is 35.2. The van der Waals surface area contributed by atoms with Crippen LogP contribution in [0, 0.1) is 20.8 Å². The molecule has 0 atom stereocenters. The number of anilines is 2. The first-order chi connectivity index (χ1) is 28.7. The molecule has 0 aromatic heterocycles. The standard InChI is InChI=1S/C25H27NO4S.C24H25NO4S/c1-25(2,3)21-12-14-23(15-13-21)31(29,30)26-22-9-5-7-19(17-22)11-10-18-6-4-8-20(16-18)24(27)28;1-16-12-17(2)23(18(3)13-16)30(28,29)25-22-9-5-7-20(15-22)11-10-19-6-4-8-21(14-19)24(26)27/h4-9,12-17,26H,10-11H2,1-3H3,(H,27,28);4-9,12-15,25H,10-11H2,1-3H3,(H,26,27). The smallest absolute Gasteiger partial charge is 0.335 e. The lowest BCUT2D eigenvalue weighted by atomic mass is 9.87. The molecule has 0 amide bonds. The summed E-state index contributed by atoms with van der Waals surface area (Å²) in [6, 6.07) is 38.9. The molecule has 0 radical (unpaired) electrons. The van der Waals surface area contributed by atoms with Crippen molar-refractivity contribution in [3.05, 3.63) is 189 Å². The topological polar surface area (TPSA) is 167 Å². The van der Waals surface area contributed by atoms with Gasteiger partial charge in [0.05, 0.1) is 20.9 Å². The monoisotopic (exact) mass is 860 g/mol. The molecule has 61 heavy (non-hydrogen) atoms. The highest BCUT2D eigenvalue weighted by molar-refractivity contribution is 7.93. The lowest BCUT2D eigenvalue weighted by molar-refractivity contribution is 0.0686. The molecule has 0 fully saturated rings. The Bertz CT molecular complexity index is 2730. The maximum absolute atomic E-state index is 13.0. The predicted molar refractivity (Wildman–Crippen MR) is 242 cm³/mol. The Morgan fingerprint density at radius 2 is 0.885 bits per heavy atom. The van der Waals surface area contributed by atoms with Gasteiger partial charge in [0.15, 0.2) is 0 Å². The molecule has 0 aliphatic carbocycles. The third kappa shape index (κ3) is 12.9. The summed E-state index contributed by atoms with van der Waals surface area (Å²) in [6.07, 6.45) is 2.65. The maximum atomic E-state index is 13.0. The zero-order valence-corrected chi connectivity index (χ0v) is 36.8. The molecule has 0 bridgehead atoms. The van der Waals surface area contributed by atoms with E-state index in [1.54, 1.807) is 74.5 Å². The van der Waals surface area contributed by atoms with E-state index in [4.69, 9.17) is 10.2 Å². The molecule has 0 aliphatic heterocycles. The van der Waals surface area contributed by atoms with Crippen molar-refractivity contribution in [1.29, 1.82) is 0 Å². The minimum Gasteiger partial charge on any atom is -0.478 e. The summed E-state index contributed by atoms with van der Waals surface area (Å²) in [4.78, 5) is 22.8. The molecule has 0 saturated heterocycles. The fourth-order valence-electron chi connectivity index (χ4n) is 7.02. The molecule has 10 nitrogen and oxygen atoms in total. The molecule has 6 rings (SSSR count). The molecule has 6 aromatic rings. The van der Waals surface area contributed by atoms with E-state index < -0.39 is 32.0 Å². The highest BCUT2D eigenvalue weighted by Gasteiger charge is 2.21. The lowest BCUT2D eigenvalue weighted by Crippen LogP contribution is -2.16. The number of carboxylic acid groups (broad SMARTS) is 2. The third-order valence-corrected chi connectivity index (χ3v) is 13.1. The van der Waals surface area contributed by atoms with Crippen LogP contribution in [0.1, 0.15) is 86.0 Å². The van der Waals surface area contributed by atoms with Gasteiger partial charge in [0.1, 0.15) is 0 Å². The number of carbonyl (C=O) groups is 2. The van der Waals surface area contributed by atoms with Crippen LogP contribution in [-0.2, 0) is 51.1 Å². The van der Waals surface area contributed by atoms with Gasteiger partial charge in [-0.15, -0.1) is 0 Å². The fourth-order valence-corrected chi connectivity index (χ4v) is 9.58. The van der Waals surface area contributed by atoms with Crippen molar-refractivity contribution in [1.82, 2.24) is 0 Å². The summed E-state index contributed by atoms with van der Waals surface area (Å²) < 4.78 is 56.9. The van der Waals surface area contributed by atoms with E-state index in [1.165, 1.54) is 0 Å². The predicted octanol–water partition coefficient (Wildman–Crippen LogP) is 10.2.